The lowest BCUT2D eigenvalue weighted by Crippen LogP contribution is -2.29. The summed E-state index contributed by atoms with van der Waals surface area (Å²) in [7, 11) is 0. The van der Waals surface area contributed by atoms with Gasteiger partial charge in [-0.05, 0) is 35.2 Å². The minimum absolute atomic E-state index is 0.0488. The molecule has 4 rings (SSSR count). The number of ether oxygens (including phenoxy) is 1. The number of nitrogens with zero attached hydrogens (tertiary/aromatic N) is 2. The molecule has 0 saturated heterocycles. The number of rotatable bonds is 10. The molecule has 4 aromatic rings. The van der Waals surface area contributed by atoms with E-state index >= 15 is 0 Å². The van der Waals surface area contributed by atoms with Crippen molar-refractivity contribution in [3.8, 4) is 0 Å². The van der Waals surface area contributed by atoms with Gasteiger partial charge in [0.2, 0.25) is 0 Å². The Morgan fingerprint density at radius 1 is 1.06 bits per heavy atom. The molecule has 0 bridgehead atoms. The van der Waals surface area contributed by atoms with Crippen LogP contribution in [-0.4, -0.2) is 39.1 Å². The molecule has 6 nitrogen and oxygen atoms in total. The first-order valence-electron chi connectivity index (χ1n) is 11.6. The van der Waals surface area contributed by atoms with Gasteiger partial charge >= 0.3 is 5.97 Å². The summed E-state index contributed by atoms with van der Waals surface area (Å²) in [5.41, 5.74) is 4.17. The summed E-state index contributed by atoms with van der Waals surface area (Å²) < 4.78 is 7.43. The normalized spacial score (nSPS) is 12.4. The largest absolute Gasteiger partial charge is 0.479 e. The summed E-state index contributed by atoms with van der Waals surface area (Å²) in [4.78, 5) is 28.5. The van der Waals surface area contributed by atoms with Gasteiger partial charge < -0.3 is 14.4 Å². The van der Waals surface area contributed by atoms with Crippen molar-refractivity contribution in [1.82, 2.24) is 9.55 Å². The Bertz CT molecular complexity index is 1350. The molecule has 0 aliphatic rings. The van der Waals surface area contributed by atoms with Gasteiger partial charge in [0, 0.05) is 41.6 Å². The van der Waals surface area contributed by atoms with Gasteiger partial charge in [-0.15, -0.1) is 0 Å². The van der Waals surface area contributed by atoms with Crippen LogP contribution in [0.1, 0.15) is 40.9 Å². The molecule has 0 saturated carbocycles. The third-order valence-corrected chi connectivity index (χ3v) is 5.74. The van der Waals surface area contributed by atoms with E-state index in [1.54, 1.807) is 6.20 Å². The number of hydrogen-bond donors (Lipinski definition) is 1. The summed E-state index contributed by atoms with van der Waals surface area (Å²) in [5, 5.41) is 10.1. The summed E-state index contributed by atoms with van der Waals surface area (Å²) >= 11 is 0. The van der Waals surface area contributed by atoms with E-state index in [2.05, 4.69) is 4.98 Å². The summed E-state index contributed by atoms with van der Waals surface area (Å²) in [6.07, 6.45) is 8.31. The molecule has 35 heavy (non-hydrogen) atoms. The lowest BCUT2D eigenvalue weighted by molar-refractivity contribution is -0.152. The predicted molar refractivity (Wildman–Crippen MR) is 136 cm³/mol. The number of pyridine rings is 1. The van der Waals surface area contributed by atoms with Gasteiger partial charge in [-0.3, -0.25) is 9.78 Å². The number of carboxylic acid groups (broad SMARTS) is 1. The minimum atomic E-state index is -0.943. The van der Waals surface area contributed by atoms with E-state index in [0.29, 0.717) is 17.7 Å². The number of ketones is 1. The first-order valence-corrected chi connectivity index (χ1v) is 11.6. The number of carboxylic acids is 1. The molecule has 1 atom stereocenters. The zero-order chi connectivity index (χ0) is 24.8. The third-order valence-electron chi connectivity index (χ3n) is 5.74. The number of para-hydroxylation sites is 1. The second-order valence-electron chi connectivity index (χ2n) is 8.80. The molecule has 1 N–H and O–H groups in total. The van der Waals surface area contributed by atoms with Crippen LogP contribution in [-0.2, 0) is 16.1 Å². The Morgan fingerprint density at radius 3 is 2.57 bits per heavy atom. The smallest absolute Gasteiger partial charge is 0.333 e. The summed E-state index contributed by atoms with van der Waals surface area (Å²) in [6.45, 7) is 4.53. The van der Waals surface area contributed by atoms with Crippen LogP contribution in [0.25, 0.3) is 17.0 Å². The Labute approximate surface area is 204 Å². The number of hydrogen-bond acceptors (Lipinski definition) is 4. The minimum Gasteiger partial charge on any atom is -0.479 e. The van der Waals surface area contributed by atoms with Gasteiger partial charge in [0.25, 0.3) is 0 Å². The molecule has 2 aromatic carbocycles. The van der Waals surface area contributed by atoms with Crippen molar-refractivity contribution in [2.75, 3.05) is 6.61 Å². The molecule has 0 fully saturated rings. The number of fused-ring (bicyclic) bond motifs is 1. The van der Waals surface area contributed by atoms with E-state index in [0.717, 1.165) is 22.0 Å². The van der Waals surface area contributed by atoms with E-state index in [1.807, 2.05) is 104 Å². The number of carbonyl (C=O) groups is 2. The number of aromatic nitrogens is 2. The predicted octanol–water partition coefficient (Wildman–Crippen LogP) is 5.45. The molecule has 0 amide bonds. The number of aliphatic carboxylic acids is 1. The highest BCUT2D eigenvalue weighted by Gasteiger charge is 2.21. The quantitative estimate of drug-likeness (QED) is 0.313. The van der Waals surface area contributed by atoms with Gasteiger partial charge in [0.15, 0.2) is 11.9 Å². The first kappa shape index (κ1) is 24.1. The Kier molecular flexibility index (Phi) is 7.53. The van der Waals surface area contributed by atoms with Gasteiger partial charge in [-0.2, -0.15) is 0 Å². The highest BCUT2D eigenvalue weighted by atomic mass is 16.5. The molecular weight excluding hydrogens is 440 g/mol. The van der Waals surface area contributed by atoms with Crippen LogP contribution in [0.3, 0.4) is 0 Å². The third kappa shape index (κ3) is 6.11. The maximum Gasteiger partial charge on any atom is 0.333 e. The van der Waals surface area contributed by atoms with Crippen LogP contribution in [0.2, 0.25) is 0 Å². The Balaban J connectivity index is 1.35. The van der Waals surface area contributed by atoms with Crippen molar-refractivity contribution in [2.45, 2.75) is 26.5 Å². The van der Waals surface area contributed by atoms with E-state index in [4.69, 9.17) is 9.84 Å². The van der Waals surface area contributed by atoms with Crippen molar-refractivity contribution >= 4 is 28.7 Å². The second kappa shape index (κ2) is 10.9. The molecule has 0 aliphatic carbocycles. The Morgan fingerprint density at radius 2 is 1.83 bits per heavy atom. The van der Waals surface area contributed by atoms with Crippen LogP contribution in [0, 0.1) is 5.92 Å². The van der Waals surface area contributed by atoms with Crippen molar-refractivity contribution in [3.63, 3.8) is 0 Å². The van der Waals surface area contributed by atoms with Crippen LogP contribution >= 0.6 is 0 Å². The molecule has 0 aliphatic heterocycles. The van der Waals surface area contributed by atoms with E-state index in [-0.39, 0.29) is 18.3 Å². The second-order valence-corrected chi connectivity index (χ2v) is 8.80. The van der Waals surface area contributed by atoms with Gasteiger partial charge in [0.1, 0.15) is 0 Å². The lowest BCUT2D eigenvalue weighted by Gasteiger charge is -2.15. The van der Waals surface area contributed by atoms with E-state index in [9.17, 15) is 9.59 Å². The SMILES string of the molecule is CC(C)[C@@H](OC/C=C/c1ccc(Cn2ccc(C(=O)c3cnc4ccccc4c3)c2)cc1)C(=O)O. The topological polar surface area (TPSA) is 81.4 Å². The molecule has 2 heterocycles. The zero-order valence-electron chi connectivity index (χ0n) is 19.8. The molecule has 0 radical (unpaired) electrons. The highest BCUT2D eigenvalue weighted by Crippen LogP contribution is 2.17. The first-order chi connectivity index (χ1) is 16.9. The fourth-order valence-corrected chi connectivity index (χ4v) is 3.87. The number of carbonyl (C=O) groups excluding carboxylic acids is 1. The van der Waals surface area contributed by atoms with Crippen molar-refractivity contribution in [2.24, 2.45) is 5.92 Å². The fraction of sp³-hybridized carbons (Fsp3) is 0.207. The van der Waals surface area contributed by atoms with Crippen molar-refractivity contribution < 1.29 is 19.4 Å². The molecule has 0 unspecified atom stereocenters. The van der Waals surface area contributed by atoms with Crippen LogP contribution in [0.15, 0.2) is 85.3 Å². The van der Waals surface area contributed by atoms with E-state index < -0.39 is 12.1 Å². The summed E-state index contributed by atoms with van der Waals surface area (Å²) in [6, 6.07) is 19.5. The van der Waals surface area contributed by atoms with Crippen LogP contribution in [0.4, 0.5) is 0 Å². The molecule has 6 heteroatoms. The fourth-order valence-electron chi connectivity index (χ4n) is 3.87. The molecule has 178 valence electrons. The molecule has 2 aromatic heterocycles. The van der Waals surface area contributed by atoms with Crippen LogP contribution in [0.5, 0.6) is 0 Å². The monoisotopic (exact) mass is 468 g/mol. The number of benzene rings is 2. The zero-order valence-corrected chi connectivity index (χ0v) is 19.8. The van der Waals surface area contributed by atoms with Gasteiger partial charge in [0.05, 0.1) is 12.1 Å². The summed E-state index contributed by atoms with van der Waals surface area (Å²) in [5.74, 6) is -1.08. The molecule has 0 spiro atoms. The maximum atomic E-state index is 12.9. The van der Waals surface area contributed by atoms with Crippen molar-refractivity contribution in [1.29, 1.82) is 0 Å². The lowest BCUT2D eigenvalue weighted by atomic mass is 10.1. The van der Waals surface area contributed by atoms with Crippen molar-refractivity contribution in [3.05, 3.63) is 108 Å². The van der Waals surface area contributed by atoms with Crippen LogP contribution < -0.4 is 0 Å². The standard InChI is InChI=1S/C29H28N2O4/c1-20(2)28(29(33)34)35-15-5-6-21-9-11-22(12-10-21)18-31-14-13-24(19-31)27(32)25-16-23-7-3-4-8-26(23)30-17-25/h3-14,16-17,19-20,28H,15,18H2,1-2H3,(H,33,34)/b6-5+/t28-/m1/s1. The Hall–Kier alpha value is -4.03. The molecular formula is C29H28N2O4. The van der Waals surface area contributed by atoms with E-state index in [1.165, 1.54) is 0 Å². The highest BCUT2D eigenvalue weighted by molar-refractivity contribution is 6.10. The average Bonchev–Trinajstić information content (AvgIpc) is 3.32. The maximum absolute atomic E-state index is 12.9. The van der Waals surface area contributed by atoms with Gasteiger partial charge in [-0.25, -0.2) is 4.79 Å². The average molecular weight is 469 g/mol. The van der Waals surface area contributed by atoms with Gasteiger partial charge in [-0.1, -0.05) is 68.5 Å².